The Morgan fingerprint density at radius 3 is 2.74 bits per heavy atom. The summed E-state index contributed by atoms with van der Waals surface area (Å²) in [4.78, 5) is 2.66. The maximum Gasteiger partial charge on any atom is 0.0710 e. The van der Waals surface area contributed by atoms with E-state index in [9.17, 15) is 0 Å². The minimum atomic E-state index is 0.295. The number of hydrogen-bond donors (Lipinski definition) is 1. The molecule has 3 aliphatic rings. The van der Waals surface area contributed by atoms with Gasteiger partial charge in [-0.1, -0.05) is 12.8 Å². The van der Waals surface area contributed by atoms with Gasteiger partial charge in [-0.05, 0) is 52.5 Å². The molecule has 0 bridgehead atoms. The van der Waals surface area contributed by atoms with Crippen molar-refractivity contribution in [2.24, 2.45) is 0 Å². The van der Waals surface area contributed by atoms with Crippen LogP contribution < -0.4 is 5.32 Å². The number of ether oxygens (including phenoxy) is 1. The van der Waals surface area contributed by atoms with Gasteiger partial charge in [0.05, 0.1) is 11.7 Å². The monoisotopic (exact) mass is 266 g/mol. The summed E-state index contributed by atoms with van der Waals surface area (Å²) in [5, 5.41) is 3.60. The molecule has 1 aliphatic carbocycles. The molecule has 0 radical (unpaired) electrons. The van der Waals surface area contributed by atoms with Crippen LogP contribution in [0.1, 0.15) is 58.8 Å². The van der Waals surface area contributed by atoms with E-state index >= 15 is 0 Å². The van der Waals surface area contributed by atoms with Gasteiger partial charge in [0.2, 0.25) is 0 Å². The molecule has 1 saturated carbocycles. The van der Waals surface area contributed by atoms with Crippen molar-refractivity contribution in [3.05, 3.63) is 0 Å². The summed E-state index contributed by atoms with van der Waals surface area (Å²) in [6.45, 7) is 8.16. The van der Waals surface area contributed by atoms with Crippen LogP contribution in [0.3, 0.4) is 0 Å². The molecule has 3 unspecified atom stereocenters. The molecule has 3 rings (SSSR count). The lowest BCUT2D eigenvalue weighted by Crippen LogP contribution is -2.43. The first-order valence-electron chi connectivity index (χ1n) is 8.32. The smallest absolute Gasteiger partial charge is 0.0710 e. The summed E-state index contributed by atoms with van der Waals surface area (Å²) < 4.78 is 6.47. The van der Waals surface area contributed by atoms with Gasteiger partial charge in [-0.3, -0.25) is 4.90 Å². The normalized spacial score (nSPS) is 39.8. The first-order valence-corrected chi connectivity index (χ1v) is 8.32. The molecule has 0 amide bonds. The lowest BCUT2D eigenvalue weighted by Gasteiger charge is -2.31. The third-order valence-corrected chi connectivity index (χ3v) is 5.48. The van der Waals surface area contributed by atoms with Crippen molar-refractivity contribution in [3.63, 3.8) is 0 Å². The third kappa shape index (κ3) is 3.14. The van der Waals surface area contributed by atoms with Gasteiger partial charge in [0.25, 0.3) is 0 Å². The summed E-state index contributed by atoms with van der Waals surface area (Å²) in [6.07, 6.45) is 9.75. The largest absolute Gasteiger partial charge is 0.370 e. The van der Waals surface area contributed by atoms with Crippen molar-refractivity contribution in [2.75, 3.05) is 19.6 Å². The molecule has 1 spiro atoms. The Hall–Kier alpha value is -0.120. The fourth-order valence-corrected chi connectivity index (χ4v) is 4.24. The Bertz CT molecular complexity index is 301. The summed E-state index contributed by atoms with van der Waals surface area (Å²) in [5.74, 6) is 0. The van der Waals surface area contributed by atoms with Crippen LogP contribution in [-0.4, -0.2) is 48.3 Å². The molecular weight excluding hydrogens is 236 g/mol. The van der Waals surface area contributed by atoms with E-state index in [0.29, 0.717) is 23.8 Å². The Balaban J connectivity index is 1.55. The Kier molecular flexibility index (Phi) is 4.16. The van der Waals surface area contributed by atoms with Crippen LogP contribution in [0.5, 0.6) is 0 Å². The van der Waals surface area contributed by atoms with E-state index in [1.54, 1.807) is 0 Å². The lowest BCUT2D eigenvalue weighted by atomic mass is 9.98. The van der Waals surface area contributed by atoms with Gasteiger partial charge < -0.3 is 10.1 Å². The highest BCUT2D eigenvalue weighted by Gasteiger charge is 2.42. The summed E-state index contributed by atoms with van der Waals surface area (Å²) in [7, 11) is 0. The molecule has 3 heteroatoms. The number of nitrogens with zero attached hydrogens (tertiary/aromatic N) is 1. The quantitative estimate of drug-likeness (QED) is 0.831. The van der Waals surface area contributed by atoms with E-state index in [1.165, 1.54) is 51.5 Å². The van der Waals surface area contributed by atoms with Crippen LogP contribution in [0.4, 0.5) is 0 Å². The van der Waals surface area contributed by atoms with Crippen molar-refractivity contribution >= 4 is 0 Å². The molecule has 1 N–H and O–H groups in total. The van der Waals surface area contributed by atoms with Crippen molar-refractivity contribution in [2.45, 2.75) is 82.6 Å². The second kappa shape index (κ2) is 5.71. The van der Waals surface area contributed by atoms with E-state index < -0.39 is 0 Å². The predicted octanol–water partition coefficient (Wildman–Crippen LogP) is 2.55. The molecule has 3 atom stereocenters. The van der Waals surface area contributed by atoms with E-state index in [4.69, 9.17) is 4.74 Å². The first kappa shape index (κ1) is 13.8. The van der Waals surface area contributed by atoms with Gasteiger partial charge in [-0.15, -0.1) is 0 Å². The highest BCUT2D eigenvalue weighted by molar-refractivity contribution is 4.94. The minimum Gasteiger partial charge on any atom is -0.370 e. The standard InChI is InChI=1S/C16H30N2O/c1-13-11-18(14(2)6-10-17-13)12-15-5-9-16(19-15)7-3-4-8-16/h13-15,17H,3-12H2,1-2H3. The van der Waals surface area contributed by atoms with Crippen LogP contribution in [0.25, 0.3) is 0 Å². The lowest BCUT2D eigenvalue weighted by molar-refractivity contribution is -0.0506. The van der Waals surface area contributed by atoms with Crippen LogP contribution >= 0.6 is 0 Å². The molecule has 0 aromatic heterocycles. The SMILES string of the molecule is CC1CN(CC2CCC3(CCCC3)O2)C(C)CCN1. The van der Waals surface area contributed by atoms with E-state index in [2.05, 4.69) is 24.1 Å². The van der Waals surface area contributed by atoms with Crippen LogP contribution in [0.2, 0.25) is 0 Å². The Labute approximate surface area is 118 Å². The average molecular weight is 266 g/mol. The molecular formula is C16H30N2O. The van der Waals surface area contributed by atoms with E-state index in [-0.39, 0.29) is 0 Å². The van der Waals surface area contributed by atoms with Gasteiger partial charge in [-0.25, -0.2) is 0 Å². The zero-order valence-electron chi connectivity index (χ0n) is 12.7. The van der Waals surface area contributed by atoms with Gasteiger partial charge in [0.15, 0.2) is 0 Å². The molecule has 0 aromatic rings. The molecule has 3 fully saturated rings. The maximum atomic E-state index is 6.47. The zero-order chi connectivity index (χ0) is 13.3. The molecule has 2 aliphatic heterocycles. The van der Waals surface area contributed by atoms with Crippen molar-refractivity contribution in [1.29, 1.82) is 0 Å². The zero-order valence-corrected chi connectivity index (χ0v) is 12.7. The number of hydrogen-bond acceptors (Lipinski definition) is 3. The summed E-state index contributed by atoms with van der Waals surface area (Å²) in [6, 6.07) is 1.31. The summed E-state index contributed by atoms with van der Waals surface area (Å²) in [5.41, 5.74) is 0.295. The average Bonchev–Trinajstić information content (AvgIpc) is 2.96. The van der Waals surface area contributed by atoms with Crippen LogP contribution in [-0.2, 0) is 4.74 Å². The van der Waals surface area contributed by atoms with E-state index in [1.807, 2.05) is 0 Å². The highest BCUT2D eigenvalue weighted by Crippen LogP contribution is 2.43. The molecule has 2 saturated heterocycles. The van der Waals surface area contributed by atoms with Crippen LogP contribution in [0.15, 0.2) is 0 Å². The van der Waals surface area contributed by atoms with Gasteiger partial charge in [0.1, 0.15) is 0 Å². The molecule has 0 aromatic carbocycles. The molecule has 19 heavy (non-hydrogen) atoms. The Morgan fingerprint density at radius 2 is 1.95 bits per heavy atom. The molecule has 110 valence electrons. The minimum absolute atomic E-state index is 0.295. The van der Waals surface area contributed by atoms with E-state index in [0.717, 1.165) is 13.1 Å². The van der Waals surface area contributed by atoms with Crippen molar-refractivity contribution < 1.29 is 4.74 Å². The highest BCUT2D eigenvalue weighted by atomic mass is 16.5. The topological polar surface area (TPSA) is 24.5 Å². The van der Waals surface area contributed by atoms with Gasteiger partial charge in [-0.2, -0.15) is 0 Å². The van der Waals surface area contributed by atoms with Crippen molar-refractivity contribution in [1.82, 2.24) is 10.2 Å². The van der Waals surface area contributed by atoms with Crippen molar-refractivity contribution in [3.8, 4) is 0 Å². The number of nitrogens with one attached hydrogen (secondary N) is 1. The maximum absolute atomic E-state index is 6.47. The third-order valence-electron chi connectivity index (χ3n) is 5.48. The van der Waals surface area contributed by atoms with Crippen LogP contribution in [0, 0.1) is 0 Å². The van der Waals surface area contributed by atoms with Gasteiger partial charge >= 0.3 is 0 Å². The van der Waals surface area contributed by atoms with Gasteiger partial charge in [0, 0.05) is 25.2 Å². The number of rotatable bonds is 2. The molecule has 2 heterocycles. The first-order chi connectivity index (χ1) is 9.17. The summed E-state index contributed by atoms with van der Waals surface area (Å²) >= 11 is 0. The second-order valence-corrected chi connectivity index (χ2v) is 7.12. The fraction of sp³-hybridized carbons (Fsp3) is 1.00. The fourth-order valence-electron chi connectivity index (χ4n) is 4.24. The molecule has 3 nitrogen and oxygen atoms in total. The Morgan fingerprint density at radius 1 is 1.16 bits per heavy atom. The second-order valence-electron chi connectivity index (χ2n) is 7.12. The predicted molar refractivity (Wildman–Crippen MR) is 78.4 cm³/mol.